The van der Waals surface area contributed by atoms with Gasteiger partial charge in [-0.2, -0.15) is 4.31 Å². The number of sulfonamides is 1. The zero-order valence-corrected chi connectivity index (χ0v) is 10.1. The number of nitrogens with two attached hydrogens (primary N) is 1. The molecule has 5 heteroatoms. The molecule has 2 N–H and O–H groups in total. The van der Waals surface area contributed by atoms with E-state index in [1.54, 1.807) is 12.1 Å². The van der Waals surface area contributed by atoms with Crippen molar-refractivity contribution in [2.45, 2.75) is 24.7 Å². The Balaban J connectivity index is 2.46. The van der Waals surface area contributed by atoms with Gasteiger partial charge in [0, 0.05) is 13.1 Å². The molecule has 0 aliphatic carbocycles. The molecule has 0 aromatic heterocycles. The zero-order valence-electron chi connectivity index (χ0n) is 9.31. The van der Waals surface area contributed by atoms with Crippen LogP contribution in [0.3, 0.4) is 0 Å². The fourth-order valence-electron chi connectivity index (χ4n) is 1.93. The Kier molecular flexibility index (Phi) is 2.90. The molecule has 4 nitrogen and oxygen atoms in total. The normalized spacial score (nSPS) is 17.8. The second kappa shape index (κ2) is 4.07. The van der Waals surface area contributed by atoms with Crippen LogP contribution >= 0.6 is 0 Å². The van der Waals surface area contributed by atoms with E-state index in [1.165, 1.54) is 4.31 Å². The maximum Gasteiger partial charge on any atom is 0.245 e. The van der Waals surface area contributed by atoms with Crippen molar-refractivity contribution in [3.8, 4) is 0 Å². The Morgan fingerprint density at radius 2 is 1.88 bits per heavy atom. The topological polar surface area (TPSA) is 63.4 Å². The van der Waals surface area contributed by atoms with E-state index in [0.717, 1.165) is 18.4 Å². The highest BCUT2D eigenvalue weighted by Crippen LogP contribution is 2.26. The van der Waals surface area contributed by atoms with Crippen molar-refractivity contribution >= 4 is 15.7 Å². The molecule has 1 heterocycles. The van der Waals surface area contributed by atoms with Gasteiger partial charge in [0.05, 0.1) is 5.69 Å². The van der Waals surface area contributed by atoms with Crippen LogP contribution in [0.4, 0.5) is 5.69 Å². The van der Waals surface area contributed by atoms with Crippen LogP contribution in [-0.4, -0.2) is 25.8 Å². The number of nitrogen functional groups attached to an aromatic ring is 1. The summed E-state index contributed by atoms with van der Waals surface area (Å²) in [5, 5.41) is 0. The van der Waals surface area contributed by atoms with Gasteiger partial charge >= 0.3 is 0 Å². The summed E-state index contributed by atoms with van der Waals surface area (Å²) in [6, 6.07) is 5.11. The fraction of sp³-hybridized carbons (Fsp3) is 0.455. The third kappa shape index (κ3) is 1.92. The van der Waals surface area contributed by atoms with Crippen molar-refractivity contribution < 1.29 is 8.42 Å². The number of nitrogens with zero attached hydrogens (tertiary/aromatic N) is 1. The van der Waals surface area contributed by atoms with Gasteiger partial charge < -0.3 is 5.73 Å². The van der Waals surface area contributed by atoms with Crippen LogP contribution in [0.15, 0.2) is 23.1 Å². The lowest BCUT2D eigenvalue weighted by molar-refractivity contribution is 0.478. The summed E-state index contributed by atoms with van der Waals surface area (Å²) in [7, 11) is -3.38. The summed E-state index contributed by atoms with van der Waals surface area (Å²) in [6.07, 6.45) is 1.87. The van der Waals surface area contributed by atoms with Crippen molar-refractivity contribution in [1.82, 2.24) is 4.31 Å². The molecular formula is C11H16N2O2S. The van der Waals surface area contributed by atoms with Crippen LogP contribution in [0.2, 0.25) is 0 Å². The Hall–Kier alpha value is -1.07. The Morgan fingerprint density at radius 1 is 1.25 bits per heavy atom. The standard InChI is InChI=1S/C11H16N2O2S/c1-9-4-5-10(12)11(8-9)16(14,15)13-6-2-3-7-13/h4-5,8H,2-3,6-7,12H2,1H3. The summed E-state index contributed by atoms with van der Waals surface area (Å²) >= 11 is 0. The number of aryl methyl sites for hydroxylation is 1. The molecule has 0 bridgehead atoms. The highest BCUT2D eigenvalue weighted by atomic mass is 32.2. The molecule has 1 aromatic rings. The molecule has 0 saturated carbocycles. The van der Waals surface area contributed by atoms with Crippen LogP contribution in [0.25, 0.3) is 0 Å². The van der Waals surface area contributed by atoms with E-state index in [0.29, 0.717) is 18.8 Å². The second-order valence-electron chi connectivity index (χ2n) is 4.15. The first-order valence-corrected chi connectivity index (χ1v) is 6.82. The molecule has 0 radical (unpaired) electrons. The molecule has 2 rings (SSSR count). The summed E-state index contributed by atoms with van der Waals surface area (Å²) < 4.78 is 26.0. The summed E-state index contributed by atoms with van der Waals surface area (Å²) in [4.78, 5) is 0.245. The molecule has 1 aliphatic rings. The number of benzene rings is 1. The van der Waals surface area contributed by atoms with Gasteiger partial charge in [-0.15, -0.1) is 0 Å². The minimum absolute atomic E-state index is 0.245. The smallest absolute Gasteiger partial charge is 0.245 e. The third-order valence-electron chi connectivity index (χ3n) is 2.85. The number of hydrogen-bond donors (Lipinski definition) is 1. The van der Waals surface area contributed by atoms with Crippen LogP contribution in [0.5, 0.6) is 0 Å². The van der Waals surface area contributed by atoms with Crippen LogP contribution < -0.4 is 5.73 Å². The molecule has 16 heavy (non-hydrogen) atoms. The van der Waals surface area contributed by atoms with E-state index in [4.69, 9.17) is 5.73 Å². The van der Waals surface area contributed by atoms with Gasteiger partial charge in [0.2, 0.25) is 10.0 Å². The van der Waals surface area contributed by atoms with Gasteiger partial charge in [-0.25, -0.2) is 8.42 Å². The quantitative estimate of drug-likeness (QED) is 0.794. The highest BCUT2D eigenvalue weighted by Gasteiger charge is 2.28. The number of hydrogen-bond acceptors (Lipinski definition) is 3. The van der Waals surface area contributed by atoms with Crippen molar-refractivity contribution in [3.05, 3.63) is 23.8 Å². The molecule has 1 fully saturated rings. The largest absolute Gasteiger partial charge is 0.398 e. The zero-order chi connectivity index (χ0) is 11.8. The van der Waals surface area contributed by atoms with E-state index in [9.17, 15) is 8.42 Å². The summed E-state index contributed by atoms with van der Waals surface area (Å²) in [5.74, 6) is 0. The minimum Gasteiger partial charge on any atom is -0.398 e. The average Bonchev–Trinajstić information content (AvgIpc) is 2.75. The predicted molar refractivity (Wildman–Crippen MR) is 63.6 cm³/mol. The molecule has 1 saturated heterocycles. The van der Waals surface area contributed by atoms with E-state index < -0.39 is 10.0 Å². The molecule has 0 unspecified atom stereocenters. The van der Waals surface area contributed by atoms with E-state index in [-0.39, 0.29) is 4.90 Å². The lowest BCUT2D eigenvalue weighted by atomic mass is 10.2. The summed E-state index contributed by atoms with van der Waals surface area (Å²) in [5.41, 5.74) is 6.98. The lowest BCUT2D eigenvalue weighted by Gasteiger charge is -2.17. The predicted octanol–water partition coefficient (Wildman–Crippen LogP) is 1.36. The maximum absolute atomic E-state index is 12.3. The number of rotatable bonds is 2. The van der Waals surface area contributed by atoms with Gasteiger partial charge in [0.25, 0.3) is 0 Å². The SMILES string of the molecule is Cc1ccc(N)c(S(=O)(=O)N2CCCC2)c1. The van der Waals surface area contributed by atoms with Crippen molar-refractivity contribution in [2.75, 3.05) is 18.8 Å². The van der Waals surface area contributed by atoms with Gasteiger partial charge in [-0.3, -0.25) is 0 Å². The number of anilines is 1. The first kappa shape index (κ1) is 11.4. The van der Waals surface area contributed by atoms with Crippen molar-refractivity contribution in [3.63, 3.8) is 0 Å². The van der Waals surface area contributed by atoms with Crippen LogP contribution in [0.1, 0.15) is 18.4 Å². The summed E-state index contributed by atoms with van der Waals surface area (Å²) in [6.45, 7) is 3.08. The maximum atomic E-state index is 12.3. The van der Waals surface area contributed by atoms with Crippen molar-refractivity contribution in [2.24, 2.45) is 0 Å². The monoisotopic (exact) mass is 240 g/mol. The molecule has 0 spiro atoms. The molecule has 1 aromatic carbocycles. The van der Waals surface area contributed by atoms with Crippen molar-refractivity contribution in [1.29, 1.82) is 0 Å². The Bertz CT molecular complexity index is 491. The van der Waals surface area contributed by atoms with Gasteiger partial charge in [0.15, 0.2) is 0 Å². The fourth-order valence-corrected chi connectivity index (χ4v) is 3.65. The van der Waals surface area contributed by atoms with Crippen LogP contribution in [0, 0.1) is 6.92 Å². The van der Waals surface area contributed by atoms with Gasteiger partial charge in [-0.1, -0.05) is 6.07 Å². The molecule has 1 aliphatic heterocycles. The first-order chi connectivity index (χ1) is 7.51. The molecule has 0 amide bonds. The van der Waals surface area contributed by atoms with E-state index >= 15 is 0 Å². The Morgan fingerprint density at radius 3 is 2.50 bits per heavy atom. The van der Waals surface area contributed by atoms with Crippen LogP contribution in [-0.2, 0) is 10.0 Å². The Labute approximate surface area is 96.1 Å². The third-order valence-corrected chi connectivity index (χ3v) is 4.81. The molecule has 0 atom stereocenters. The highest BCUT2D eigenvalue weighted by molar-refractivity contribution is 7.89. The second-order valence-corrected chi connectivity index (χ2v) is 6.06. The minimum atomic E-state index is -3.38. The van der Waals surface area contributed by atoms with Gasteiger partial charge in [-0.05, 0) is 37.5 Å². The van der Waals surface area contributed by atoms with Gasteiger partial charge in [0.1, 0.15) is 4.90 Å². The van der Waals surface area contributed by atoms with E-state index in [1.807, 2.05) is 13.0 Å². The van der Waals surface area contributed by atoms with E-state index in [2.05, 4.69) is 0 Å². The molecule has 88 valence electrons. The lowest BCUT2D eigenvalue weighted by Crippen LogP contribution is -2.28. The molecular weight excluding hydrogens is 224 g/mol. The average molecular weight is 240 g/mol. The first-order valence-electron chi connectivity index (χ1n) is 5.38.